The van der Waals surface area contributed by atoms with Crippen molar-refractivity contribution in [1.29, 1.82) is 0 Å². The number of hydrogen-bond acceptors (Lipinski definition) is 2. The molecule has 0 atom stereocenters. The average molecular weight is 360 g/mol. The van der Waals surface area contributed by atoms with Gasteiger partial charge in [0.05, 0.1) is 0 Å². The summed E-state index contributed by atoms with van der Waals surface area (Å²) in [6.45, 7) is 1.97. The van der Waals surface area contributed by atoms with Crippen LogP contribution in [0, 0.1) is 6.92 Å². The van der Waals surface area contributed by atoms with Crippen LogP contribution in [0.25, 0.3) is 0 Å². The van der Waals surface area contributed by atoms with Crippen molar-refractivity contribution >= 4 is 50.7 Å². The summed E-state index contributed by atoms with van der Waals surface area (Å²) in [7, 11) is 0. The van der Waals surface area contributed by atoms with Gasteiger partial charge in [-0.05, 0) is 36.8 Å². The van der Waals surface area contributed by atoms with Crippen LogP contribution in [0.1, 0.15) is 15.9 Å². The van der Waals surface area contributed by atoms with Gasteiger partial charge < -0.3 is 5.32 Å². The lowest BCUT2D eigenvalue weighted by Crippen LogP contribution is -2.12. The molecule has 1 aromatic heterocycles. The first kappa shape index (κ1) is 14.3. The Hall–Kier alpha value is -1.10. The van der Waals surface area contributed by atoms with Gasteiger partial charge in [0.1, 0.15) is 10.3 Å². The zero-order valence-corrected chi connectivity index (χ0v) is 13.0. The van der Waals surface area contributed by atoms with Crippen LogP contribution >= 0.6 is 39.1 Å². The van der Waals surface area contributed by atoms with E-state index in [1.807, 2.05) is 25.1 Å². The highest BCUT2D eigenvalue weighted by molar-refractivity contribution is 9.10. The highest BCUT2D eigenvalue weighted by atomic mass is 79.9. The van der Waals surface area contributed by atoms with E-state index in [0.717, 1.165) is 10.0 Å². The number of pyridine rings is 1. The van der Waals surface area contributed by atoms with Crippen LogP contribution in [0.4, 0.5) is 5.69 Å². The number of nitrogens with zero attached hydrogens (tertiary/aromatic N) is 1. The quantitative estimate of drug-likeness (QED) is 0.789. The molecule has 0 aliphatic heterocycles. The van der Waals surface area contributed by atoms with Gasteiger partial charge in [0.15, 0.2) is 0 Å². The standard InChI is InChI=1S/C13H9BrCl2N2O/c1-7-2-3-9(6-10(7)14)17-13(19)8-4-11(15)18-12(16)5-8/h2-6H,1H3,(H,17,19). The summed E-state index contributed by atoms with van der Waals surface area (Å²) in [5.74, 6) is -0.290. The molecule has 0 fully saturated rings. The SMILES string of the molecule is Cc1ccc(NC(=O)c2cc(Cl)nc(Cl)c2)cc1Br. The van der Waals surface area contributed by atoms with Crippen LogP contribution < -0.4 is 5.32 Å². The second-order valence-corrected chi connectivity index (χ2v) is 5.55. The summed E-state index contributed by atoms with van der Waals surface area (Å²) in [6, 6.07) is 8.49. The summed E-state index contributed by atoms with van der Waals surface area (Å²) in [5, 5.41) is 3.13. The van der Waals surface area contributed by atoms with Crippen LogP contribution in [0.5, 0.6) is 0 Å². The van der Waals surface area contributed by atoms with E-state index in [-0.39, 0.29) is 16.2 Å². The molecule has 0 aliphatic rings. The molecule has 3 nitrogen and oxygen atoms in total. The molecule has 98 valence electrons. The first-order valence-electron chi connectivity index (χ1n) is 5.36. The van der Waals surface area contributed by atoms with Crippen molar-refractivity contribution in [3.8, 4) is 0 Å². The zero-order valence-electron chi connectivity index (χ0n) is 9.88. The summed E-state index contributed by atoms with van der Waals surface area (Å²) >= 11 is 14.9. The van der Waals surface area contributed by atoms with Gasteiger partial charge in [0, 0.05) is 15.7 Å². The van der Waals surface area contributed by atoms with Crippen molar-refractivity contribution in [2.45, 2.75) is 6.92 Å². The van der Waals surface area contributed by atoms with E-state index in [1.54, 1.807) is 0 Å². The van der Waals surface area contributed by atoms with Crippen molar-refractivity contribution in [2.24, 2.45) is 0 Å². The molecular formula is C13H9BrCl2N2O. The predicted octanol–water partition coefficient (Wildman–Crippen LogP) is 4.71. The zero-order chi connectivity index (χ0) is 14.0. The number of halogens is 3. The molecule has 0 bridgehead atoms. The molecule has 0 spiro atoms. The van der Waals surface area contributed by atoms with E-state index in [0.29, 0.717) is 11.3 Å². The molecule has 1 aromatic carbocycles. The van der Waals surface area contributed by atoms with Gasteiger partial charge in [0.25, 0.3) is 5.91 Å². The fourth-order valence-electron chi connectivity index (χ4n) is 1.47. The number of hydrogen-bond donors (Lipinski definition) is 1. The van der Waals surface area contributed by atoms with Crippen molar-refractivity contribution in [3.05, 3.63) is 56.2 Å². The second kappa shape index (κ2) is 5.90. The number of carbonyl (C=O) groups is 1. The van der Waals surface area contributed by atoms with Gasteiger partial charge in [0.2, 0.25) is 0 Å². The van der Waals surface area contributed by atoms with Crippen molar-refractivity contribution < 1.29 is 4.79 Å². The minimum Gasteiger partial charge on any atom is -0.322 e. The van der Waals surface area contributed by atoms with Crippen LogP contribution in [0.15, 0.2) is 34.8 Å². The minimum atomic E-state index is -0.290. The molecule has 0 radical (unpaired) electrons. The number of anilines is 1. The molecule has 19 heavy (non-hydrogen) atoms. The number of carbonyl (C=O) groups excluding carboxylic acids is 1. The molecule has 0 saturated carbocycles. The Morgan fingerprint density at radius 2 is 1.84 bits per heavy atom. The Labute approximate surface area is 129 Å². The topological polar surface area (TPSA) is 42.0 Å². The van der Waals surface area contributed by atoms with Gasteiger partial charge in [-0.25, -0.2) is 4.98 Å². The first-order valence-corrected chi connectivity index (χ1v) is 6.91. The molecule has 2 rings (SSSR count). The Bertz CT molecular complexity index is 626. The smallest absolute Gasteiger partial charge is 0.255 e. The number of benzene rings is 1. The Morgan fingerprint density at radius 1 is 1.21 bits per heavy atom. The number of aryl methyl sites for hydroxylation is 1. The number of aromatic nitrogens is 1. The van der Waals surface area contributed by atoms with E-state index in [1.165, 1.54) is 12.1 Å². The van der Waals surface area contributed by atoms with Gasteiger partial charge >= 0.3 is 0 Å². The molecule has 6 heteroatoms. The fraction of sp³-hybridized carbons (Fsp3) is 0.0769. The molecule has 1 heterocycles. The van der Waals surface area contributed by atoms with Crippen molar-refractivity contribution in [3.63, 3.8) is 0 Å². The summed E-state index contributed by atoms with van der Waals surface area (Å²) in [6.07, 6.45) is 0. The highest BCUT2D eigenvalue weighted by Gasteiger charge is 2.09. The Balaban J connectivity index is 2.22. The molecule has 2 aromatic rings. The number of nitrogens with one attached hydrogen (secondary N) is 1. The lowest BCUT2D eigenvalue weighted by atomic mass is 10.2. The summed E-state index contributed by atoms with van der Waals surface area (Å²) in [5.41, 5.74) is 2.14. The van der Waals surface area contributed by atoms with E-state index in [9.17, 15) is 4.79 Å². The summed E-state index contributed by atoms with van der Waals surface area (Å²) < 4.78 is 0.927. The maximum atomic E-state index is 12.0. The molecule has 1 N–H and O–H groups in total. The lowest BCUT2D eigenvalue weighted by molar-refractivity contribution is 0.102. The van der Waals surface area contributed by atoms with Crippen LogP contribution in [0.3, 0.4) is 0 Å². The van der Waals surface area contributed by atoms with E-state index in [2.05, 4.69) is 26.2 Å². The van der Waals surface area contributed by atoms with E-state index in [4.69, 9.17) is 23.2 Å². The Morgan fingerprint density at radius 3 is 2.42 bits per heavy atom. The third-order valence-corrected chi connectivity index (χ3v) is 3.70. The first-order chi connectivity index (χ1) is 8.95. The van der Waals surface area contributed by atoms with Gasteiger partial charge in [-0.3, -0.25) is 4.79 Å². The largest absolute Gasteiger partial charge is 0.322 e. The number of rotatable bonds is 2. The van der Waals surface area contributed by atoms with Crippen molar-refractivity contribution in [1.82, 2.24) is 4.98 Å². The molecule has 0 unspecified atom stereocenters. The lowest BCUT2D eigenvalue weighted by Gasteiger charge is -2.07. The fourth-order valence-corrected chi connectivity index (χ4v) is 2.31. The second-order valence-electron chi connectivity index (χ2n) is 3.92. The normalized spacial score (nSPS) is 10.3. The molecule has 1 amide bonds. The number of amides is 1. The van der Waals surface area contributed by atoms with Gasteiger partial charge in [-0.2, -0.15) is 0 Å². The maximum Gasteiger partial charge on any atom is 0.255 e. The van der Waals surface area contributed by atoms with Gasteiger partial charge in [-0.15, -0.1) is 0 Å². The van der Waals surface area contributed by atoms with E-state index < -0.39 is 0 Å². The van der Waals surface area contributed by atoms with Crippen molar-refractivity contribution in [2.75, 3.05) is 5.32 Å². The minimum absolute atomic E-state index is 0.183. The monoisotopic (exact) mass is 358 g/mol. The summed E-state index contributed by atoms with van der Waals surface area (Å²) in [4.78, 5) is 15.8. The highest BCUT2D eigenvalue weighted by Crippen LogP contribution is 2.22. The van der Waals surface area contributed by atoms with Gasteiger partial charge in [-0.1, -0.05) is 45.2 Å². The third-order valence-electron chi connectivity index (χ3n) is 2.45. The Kier molecular flexibility index (Phi) is 4.45. The predicted molar refractivity (Wildman–Crippen MR) is 81.1 cm³/mol. The molecular weight excluding hydrogens is 351 g/mol. The molecule has 0 saturated heterocycles. The van der Waals surface area contributed by atoms with Crippen LogP contribution in [-0.4, -0.2) is 10.9 Å². The molecule has 0 aliphatic carbocycles. The van der Waals surface area contributed by atoms with Crippen LogP contribution in [0.2, 0.25) is 10.3 Å². The van der Waals surface area contributed by atoms with E-state index >= 15 is 0 Å². The van der Waals surface area contributed by atoms with Crippen LogP contribution in [-0.2, 0) is 0 Å². The maximum absolute atomic E-state index is 12.0. The average Bonchev–Trinajstić information content (AvgIpc) is 2.32. The third kappa shape index (κ3) is 3.69.